The number of methoxy groups -OCH3 is 1. The molecule has 1 saturated heterocycles. The van der Waals surface area contributed by atoms with Gasteiger partial charge in [-0.3, -0.25) is 4.79 Å². The van der Waals surface area contributed by atoms with Crippen LogP contribution in [0.4, 0.5) is 11.4 Å². The third-order valence-electron chi connectivity index (χ3n) is 6.60. The molecule has 1 aromatic heterocycles. The number of Topliss-reactive ketones (excluding diaryl/α,β-unsaturated/α-hetero) is 1. The molecule has 0 atom stereocenters. The molecule has 0 saturated carbocycles. The monoisotopic (exact) mass is 473 g/mol. The van der Waals surface area contributed by atoms with Crippen molar-refractivity contribution in [1.29, 1.82) is 0 Å². The van der Waals surface area contributed by atoms with Gasteiger partial charge in [0.2, 0.25) is 5.88 Å². The average molecular weight is 474 g/mol. The van der Waals surface area contributed by atoms with Crippen molar-refractivity contribution in [2.45, 2.75) is 25.7 Å². The highest BCUT2D eigenvalue weighted by atomic mass is 16.6. The number of piperidine rings is 1. The molecule has 2 aliphatic rings. The zero-order valence-electron chi connectivity index (χ0n) is 20.0. The van der Waals surface area contributed by atoms with Crippen molar-refractivity contribution in [1.82, 2.24) is 10.3 Å². The molecule has 2 aromatic carbocycles. The van der Waals surface area contributed by atoms with Crippen molar-refractivity contribution in [2.24, 2.45) is 5.92 Å². The number of hydrogen-bond donors (Lipinski definition) is 2. The van der Waals surface area contributed by atoms with E-state index in [0.717, 1.165) is 66.3 Å². The molecular formula is C28H31N3O4. The number of carbonyl (C=O) groups excluding carboxylic acids is 1. The number of ether oxygens (including phenoxy) is 3. The number of anilines is 2. The molecular weight excluding hydrogens is 442 g/mol. The predicted molar refractivity (Wildman–Crippen MR) is 136 cm³/mol. The summed E-state index contributed by atoms with van der Waals surface area (Å²) < 4.78 is 17.1. The normalized spacial score (nSPS) is 15.5. The second kappa shape index (κ2) is 10.8. The highest BCUT2D eigenvalue weighted by Crippen LogP contribution is 2.40. The smallest absolute Gasteiger partial charge is 0.238 e. The number of para-hydroxylation sites is 1. The molecule has 0 aliphatic carbocycles. The molecule has 7 heteroatoms. The van der Waals surface area contributed by atoms with E-state index >= 15 is 0 Å². The van der Waals surface area contributed by atoms with Gasteiger partial charge in [0.1, 0.15) is 18.9 Å². The van der Waals surface area contributed by atoms with E-state index in [9.17, 15) is 4.79 Å². The summed E-state index contributed by atoms with van der Waals surface area (Å²) in [5, 5.41) is 6.74. The Hall–Kier alpha value is -3.58. The predicted octanol–water partition coefficient (Wildman–Crippen LogP) is 5.23. The standard InChI is InChI=1S/C28H31N3O4/c1-33-28-24(10-9-23(31-28)22-6-3-7-26-27(22)35-17-16-34-26)30-21-5-2-4-20(18-21)25(32)11-8-19-12-14-29-15-13-19/h2-7,9-10,18-19,29-30H,8,11-17H2,1H3. The fraction of sp³-hybridized carbons (Fsp3) is 0.357. The number of pyridine rings is 1. The van der Waals surface area contributed by atoms with Gasteiger partial charge in [-0.1, -0.05) is 18.2 Å². The van der Waals surface area contributed by atoms with Gasteiger partial charge in [-0.05, 0) is 74.7 Å². The van der Waals surface area contributed by atoms with Gasteiger partial charge in [0, 0.05) is 23.2 Å². The summed E-state index contributed by atoms with van der Waals surface area (Å²) in [5.41, 5.74) is 3.85. The second-order valence-corrected chi connectivity index (χ2v) is 8.94. The van der Waals surface area contributed by atoms with E-state index in [1.54, 1.807) is 7.11 Å². The third-order valence-corrected chi connectivity index (χ3v) is 6.60. The van der Waals surface area contributed by atoms with E-state index in [1.165, 1.54) is 0 Å². The molecule has 5 rings (SSSR count). The van der Waals surface area contributed by atoms with E-state index in [1.807, 2.05) is 54.6 Å². The van der Waals surface area contributed by atoms with E-state index in [-0.39, 0.29) is 5.78 Å². The maximum absolute atomic E-state index is 12.8. The van der Waals surface area contributed by atoms with Gasteiger partial charge in [-0.2, -0.15) is 0 Å². The Morgan fingerprint density at radius 2 is 1.91 bits per heavy atom. The Morgan fingerprint density at radius 1 is 1.09 bits per heavy atom. The zero-order valence-corrected chi connectivity index (χ0v) is 20.0. The van der Waals surface area contributed by atoms with Crippen molar-refractivity contribution in [3.63, 3.8) is 0 Å². The Labute approximate surface area is 205 Å². The van der Waals surface area contributed by atoms with Gasteiger partial charge < -0.3 is 24.8 Å². The third kappa shape index (κ3) is 5.41. The largest absolute Gasteiger partial charge is 0.486 e. The second-order valence-electron chi connectivity index (χ2n) is 8.94. The van der Waals surface area contributed by atoms with Crippen LogP contribution >= 0.6 is 0 Å². The molecule has 0 bridgehead atoms. The lowest BCUT2D eigenvalue weighted by atomic mass is 9.91. The van der Waals surface area contributed by atoms with Gasteiger partial charge >= 0.3 is 0 Å². The summed E-state index contributed by atoms with van der Waals surface area (Å²) in [6.45, 7) is 3.16. The van der Waals surface area contributed by atoms with Crippen LogP contribution in [-0.4, -0.2) is 44.2 Å². The van der Waals surface area contributed by atoms with Crippen LogP contribution in [0.2, 0.25) is 0 Å². The lowest BCUT2D eigenvalue weighted by molar-refractivity contribution is 0.0971. The minimum Gasteiger partial charge on any atom is -0.486 e. The first-order valence-electron chi connectivity index (χ1n) is 12.3. The van der Waals surface area contributed by atoms with Gasteiger partial charge in [0.25, 0.3) is 0 Å². The van der Waals surface area contributed by atoms with Gasteiger partial charge in [-0.15, -0.1) is 0 Å². The van der Waals surface area contributed by atoms with Crippen molar-refractivity contribution in [3.8, 4) is 28.6 Å². The number of ketones is 1. The summed E-state index contributed by atoms with van der Waals surface area (Å²) in [6, 6.07) is 17.3. The van der Waals surface area contributed by atoms with Crippen LogP contribution in [-0.2, 0) is 0 Å². The number of nitrogens with zero attached hydrogens (tertiary/aromatic N) is 1. The molecule has 0 unspecified atom stereocenters. The topological polar surface area (TPSA) is 81.7 Å². The summed E-state index contributed by atoms with van der Waals surface area (Å²) in [5.74, 6) is 2.70. The zero-order chi connectivity index (χ0) is 24.0. The van der Waals surface area contributed by atoms with Gasteiger partial charge in [-0.25, -0.2) is 4.98 Å². The summed E-state index contributed by atoms with van der Waals surface area (Å²) in [4.78, 5) is 17.5. The number of aromatic nitrogens is 1. The number of carbonyl (C=O) groups is 1. The minimum absolute atomic E-state index is 0.184. The van der Waals surface area contributed by atoms with E-state index in [2.05, 4.69) is 10.6 Å². The maximum atomic E-state index is 12.8. The van der Waals surface area contributed by atoms with Gasteiger partial charge in [0.15, 0.2) is 17.3 Å². The number of nitrogens with one attached hydrogen (secondary N) is 2. The van der Waals surface area contributed by atoms with Crippen molar-refractivity contribution >= 4 is 17.2 Å². The fourth-order valence-corrected chi connectivity index (χ4v) is 4.69. The van der Waals surface area contributed by atoms with E-state index in [0.29, 0.717) is 37.2 Å². The van der Waals surface area contributed by atoms with Gasteiger partial charge in [0.05, 0.1) is 12.8 Å². The molecule has 0 radical (unpaired) electrons. The first-order valence-corrected chi connectivity index (χ1v) is 12.3. The first kappa shape index (κ1) is 23.2. The average Bonchev–Trinajstić information content (AvgIpc) is 2.92. The minimum atomic E-state index is 0.184. The highest BCUT2D eigenvalue weighted by Gasteiger charge is 2.19. The van der Waals surface area contributed by atoms with Crippen LogP contribution in [0.1, 0.15) is 36.0 Å². The molecule has 1 fully saturated rings. The molecule has 2 aliphatic heterocycles. The number of fused-ring (bicyclic) bond motifs is 1. The Balaban J connectivity index is 1.31. The Morgan fingerprint density at radius 3 is 2.77 bits per heavy atom. The Kier molecular flexibility index (Phi) is 7.14. The van der Waals surface area contributed by atoms with Crippen LogP contribution in [0.15, 0.2) is 54.6 Å². The van der Waals surface area contributed by atoms with Crippen LogP contribution in [0.3, 0.4) is 0 Å². The van der Waals surface area contributed by atoms with Crippen LogP contribution < -0.4 is 24.8 Å². The molecule has 182 valence electrons. The first-order chi connectivity index (χ1) is 17.2. The van der Waals surface area contributed by atoms with Crippen LogP contribution in [0, 0.1) is 5.92 Å². The molecule has 3 aromatic rings. The number of hydrogen-bond acceptors (Lipinski definition) is 7. The van der Waals surface area contributed by atoms with Crippen molar-refractivity contribution in [2.75, 3.05) is 38.7 Å². The quantitative estimate of drug-likeness (QED) is 0.433. The molecule has 2 N–H and O–H groups in total. The van der Waals surface area contributed by atoms with E-state index < -0.39 is 0 Å². The molecule has 7 nitrogen and oxygen atoms in total. The number of rotatable bonds is 8. The SMILES string of the molecule is COc1nc(-c2cccc3c2OCCO3)ccc1Nc1cccc(C(=O)CCC2CCNCC2)c1. The lowest BCUT2D eigenvalue weighted by Crippen LogP contribution is -2.27. The maximum Gasteiger partial charge on any atom is 0.238 e. The fourth-order valence-electron chi connectivity index (χ4n) is 4.69. The summed E-state index contributed by atoms with van der Waals surface area (Å²) in [6.07, 6.45) is 3.85. The van der Waals surface area contributed by atoms with Crippen LogP contribution in [0.5, 0.6) is 17.4 Å². The molecule has 3 heterocycles. The summed E-state index contributed by atoms with van der Waals surface area (Å²) >= 11 is 0. The number of benzene rings is 2. The molecule has 0 spiro atoms. The molecule has 35 heavy (non-hydrogen) atoms. The lowest BCUT2D eigenvalue weighted by Gasteiger charge is -2.22. The molecule has 0 amide bonds. The van der Waals surface area contributed by atoms with Crippen molar-refractivity contribution in [3.05, 3.63) is 60.2 Å². The Bertz CT molecular complexity index is 1190. The summed E-state index contributed by atoms with van der Waals surface area (Å²) in [7, 11) is 1.60. The van der Waals surface area contributed by atoms with Crippen LogP contribution in [0.25, 0.3) is 11.3 Å². The highest BCUT2D eigenvalue weighted by molar-refractivity contribution is 5.97. The van der Waals surface area contributed by atoms with Crippen molar-refractivity contribution < 1.29 is 19.0 Å². The van der Waals surface area contributed by atoms with E-state index in [4.69, 9.17) is 19.2 Å².